The van der Waals surface area contributed by atoms with Gasteiger partial charge in [-0.05, 0) is 72.3 Å². The number of rotatable bonds is 5. The summed E-state index contributed by atoms with van der Waals surface area (Å²) in [7, 11) is 0. The second kappa shape index (κ2) is 10.1. The zero-order valence-electron chi connectivity index (χ0n) is 19.1. The molecule has 0 spiro atoms. The molecule has 1 aliphatic heterocycles. The lowest BCUT2D eigenvalue weighted by Crippen LogP contribution is -2.29. The van der Waals surface area contributed by atoms with Crippen LogP contribution in [0.5, 0.6) is 11.5 Å². The van der Waals surface area contributed by atoms with Crippen molar-refractivity contribution in [3.8, 4) is 11.5 Å². The summed E-state index contributed by atoms with van der Waals surface area (Å²) in [5.41, 5.74) is 0.854. The number of aliphatic hydroxyl groups is 1. The van der Waals surface area contributed by atoms with Crippen LogP contribution >= 0.6 is 23.2 Å². The van der Waals surface area contributed by atoms with E-state index in [-0.39, 0.29) is 26.9 Å². The van der Waals surface area contributed by atoms with Crippen molar-refractivity contribution in [2.45, 2.75) is 6.04 Å². The fraction of sp³-hybridized carbons (Fsp3) is 0.0345. The van der Waals surface area contributed by atoms with Crippen LogP contribution in [0.3, 0.4) is 0 Å². The van der Waals surface area contributed by atoms with Crippen molar-refractivity contribution in [3.63, 3.8) is 0 Å². The molecule has 1 amide bonds. The average molecular weight is 534 g/mol. The van der Waals surface area contributed by atoms with Crippen molar-refractivity contribution in [1.29, 1.82) is 0 Å². The number of aliphatic hydroxyl groups excluding tert-OH is 1. The largest absolute Gasteiger partial charge is 0.507 e. The lowest BCUT2D eigenvalue weighted by atomic mass is 9.95. The van der Waals surface area contributed by atoms with Crippen LogP contribution in [0, 0.1) is 5.82 Å². The van der Waals surface area contributed by atoms with Crippen molar-refractivity contribution >= 4 is 46.3 Å². The van der Waals surface area contributed by atoms with Gasteiger partial charge in [-0.15, -0.1) is 0 Å². The average Bonchev–Trinajstić information content (AvgIpc) is 3.17. The highest BCUT2D eigenvalue weighted by Crippen LogP contribution is 2.43. The number of carbonyl (C=O) groups is 2. The SMILES string of the molecule is O=C1C(=O)N(c2ccc(F)cc2)C(c2cccc(Oc3ccccc3)c2)/C1=C(/O)c1ccc(Cl)c(Cl)c1. The smallest absolute Gasteiger partial charge is 0.300 e. The van der Waals surface area contributed by atoms with E-state index in [1.165, 1.54) is 47.4 Å². The summed E-state index contributed by atoms with van der Waals surface area (Å²) in [5.74, 6) is -1.61. The zero-order valence-corrected chi connectivity index (χ0v) is 20.6. The third-order valence-corrected chi connectivity index (χ3v) is 6.63. The molecule has 5 nitrogen and oxygen atoms in total. The monoisotopic (exact) mass is 533 g/mol. The molecule has 1 saturated heterocycles. The van der Waals surface area contributed by atoms with E-state index in [0.717, 1.165) is 0 Å². The number of amides is 1. The van der Waals surface area contributed by atoms with E-state index < -0.39 is 29.3 Å². The molecule has 1 N–H and O–H groups in total. The number of Topliss-reactive ketones (excluding diaryl/α,β-unsaturated/α-hetero) is 1. The van der Waals surface area contributed by atoms with Gasteiger partial charge in [-0.2, -0.15) is 0 Å². The molecule has 0 aliphatic carbocycles. The Morgan fingerprint density at radius 2 is 1.51 bits per heavy atom. The number of nitrogens with zero attached hydrogens (tertiary/aromatic N) is 1. The summed E-state index contributed by atoms with van der Waals surface area (Å²) < 4.78 is 19.6. The van der Waals surface area contributed by atoms with Gasteiger partial charge in [0.15, 0.2) is 0 Å². The number of carbonyl (C=O) groups excluding carboxylic acids is 2. The second-order valence-corrected chi connectivity index (χ2v) is 9.08. The van der Waals surface area contributed by atoms with Crippen LogP contribution in [-0.2, 0) is 9.59 Å². The highest BCUT2D eigenvalue weighted by atomic mass is 35.5. The Hall–Kier alpha value is -4.13. The van der Waals surface area contributed by atoms with Gasteiger partial charge < -0.3 is 9.84 Å². The Labute approximate surface area is 221 Å². The van der Waals surface area contributed by atoms with Crippen LogP contribution in [0.15, 0.2) is 103 Å². The van der Waals surface area contributed by atoms with Crippen molar-refractivity contribution < 1.29 is 23.8 Å². The molecule has 1 atom stereocenters. The van der Waals surface area contributed by atoms with Gasteiger partial charge in [0.1, 0.15) is 23.1 Å². The fourth-order valence-corrected chi connectivity index (χ4v) is 4.49. The number of anilines is 1. The predicted octanol–water partition coefficient (Wildman–Crippen LogP) is 7.55. The standard InChI is InChI=1S/C29H18Cl2FNO4/c30-23-14-9-18(16-24(23)31)27(34)25-26(33(29(36)28(25)35)20-12-10-19(32)11-13-20)17-5-4-8-22(15-17)37-21-6-2-1-3-7-21/h1-16,26,34H/b27-25-. The third-order valence-electron chi connectivity index (χ3n) is 5.89. The van der Waals surface area contributed by atoms with E-state index in [1.807, 2.05) is 18.2 Å². The van der Waals surface area contributed by atoms with Gasteiger partial charge in [-0.1, -0.05) is 53.5 Å². The van der Waals surface area contributed by atoms with E-state index in [9.17, 15) is 19.1 Å². The number of hydrogen-bond donors (Lipinski definition) is 1. The number of benzene rings is 4. The predicted molar refractivity (Wildman–Crippen MR) is 141 cm³/mol. The van der Waals surface area contributed by atoms with Gasteiger partial charge in [-0.3, -0.25) is 14.5 Å². The lowest BCUT2D eigenvalue weighted by Gasteiger charge is -2.25. The Bertz CT molecular complexity index is 1540. The number of ketones is 1. The molecular formula is C29H18Cl2FNO4. The Morgan fingerprint density at radius 3 is 2.22 bits per heavy atom. The second-order valence-electron chi connectivity index (χ2n) is 8.26. The Morgan fingerprint density at radius 1 is 0.811 bits per heavy atom. The molecule has 0 bridgehead atoms. The topological polar surface area (TPSA) is 66.8 Å². The van der Waals surface area contributed by atoms with Crippen molar-refractivity contribution in [3.05, 3.63) is 130 Å². The van der Waals surface area contributed by atoms with Crippen molar-refractivity contribution in [2.75, 3.05) is 4.90 Å². The quantitative estimate of drug-likeness (QED) is 0.163. The van der Waals surface area contributed by atoms with Gasteiger partial charge in [0.25, 0.3) is 11.7 Å². The molecule has 184 valence electrons. The van der Waals surface area contributed by atoms with Crippen LogP contribution in [0.4, 0.5) is 10.1 Å². The molecule has 4 aromatic carbocycles. The minimum absolute atomic E-state index is 0.149. The maximum Gasteiger partial charge on any atom is 0.300 e. The van der Waals surface area contributed by atoms with E-state index in [4.69, 9.17) is 27.9 Å². The fourth-order valence-electron chi connectivity index (χ4n) is 4.19. The van der Waals surface area contributed by atoms with E-state index in [2.05, 4.69) is 0 Å². The van der Waals surface area contributed by atoms with Crippen LogP contribution < -0.4 is 9.64 Å². The highest BCUT2D eigenvalue weighted by Gasteiger charge is 2.47. The minimum atomic E-state index is -1.03. The number of ether oxygens (including phenoxy) is 1. The maximum absolute atomic E-state index is 13.7. The van der Waals surface area contributed by atoms with Gasteiger partial charge in [0, 0.05) is 11.3 Å². The molecule has 0 aromatic heterocycles. The van der Waals surface area contributed by atoms with E-state index in [1.54, 1.807) is 36.4 Å². The van der Waals surface area contributed by atoms with Crippen LogP contribution in [0.25, 0.3) is 5.76 Å². The first-order chi connectivity index (χ1) is 17.8. The third kappa shape index (κ3) is 4.81. The number of hydrogen-bond acceptors (Lipinski definition) is 4. The molecule has 4 aromatic rings. The van der Waals surface area contributed by atoms with E-state index in [0.29, 0.717) is 17.1 Å². The van der Waals surface area contributed by atoms with Crippen LogP contribution in [-0.4, -0.2) is 16.8 Å². The number of halogens is 3. The van der Waals surface area contributed by atoms with Crippen molar-refractivity contribution in [1.82, 2.24) is 0 Å². The van der Waals surface area contributed by atoms with Crippen molar-refractivity contribution in [2.24, 2.45) is 0 Å². The summed E-state index contributed by atoms with van der Waals surface area (Å²) in [4.78, 5) is 27.8. The first kappa shape index (κ1) is 24.6. The van der Waals surface area contributed by atoms with Gasteiger partial charge in [0.05, 0.1) is 21.7 Å². The molecule has 1 heterocycles. The molecular weight excluding hydrogens is 516 g/mol. The zero-order chi connectivity index (χ0) is 26.1. The maximum atomic E-state index is 13.7. The highest BCUT2D eigenvalue weighted by molar-refractivity contribution is 6.51. The minimum Gasteiger partial charge on any atom is -0.507 e. The Balaban J connectivity index is 1.67. The van der Waals surface area contributed by atoms with Gasteiger partial charge in [-0.25, -0.2) is 4.39 Å². The molecule has 5 rings (SSSR count). The molecule has 1 aliphatic rings. The first-order valence-electron chi connectivity index (χ1n) is 11.2. The molecule has 0 radical (unpaired) electrons. The summed E-state index contributed by atoms with van der Waals surface area (Å²) >= 11 is 12.2. The number of para-hydroxylation sites is 1. The summed E-state index contributed by atoms with van der Waals surface area (Å²) in [6.45, 7) is 0. The molecule has 0 saturated carbocycles. The van der Waals surface area contributed by atoms with Gasteiger partial charge in [0.2, 0.25) is 0 Å². The lowest BCUT2D eigenvalue weighted by molar-refractivity contribution is -0.132. The molecule has 8 heteroatoms. The first-order valence-corrected chi connectivity index (χ1v) is 11.9. The van der Waals surface area contributed by atoms with Gasteiger partial charge >= 0.3 is 0 Å². The van der Waals surface area contributed by atoms with Crippen LogP contribution in [0.1, 0.15) is 17.2 Å². The summed E-state index contributed by atoms with van der Waals surface area (Å²) in [5, 5.41) is 11.7. The van der Waals surface area contributed by atoms with Crippen LogP contribution in [0.2, 0.25) is 10.0 Å². The molecule has 37 heavy (non-hydrogen) atoms. The Kier molecular flexibility index (Phi) is 6.70. The molecule has 1 fully saturated rings. The normalized spacial score (nSPS) is 16.7. The van der Waals surface area contributed by atoms with E-state index >= 15 is 0 Å². The molecule has 1 unspecified atom stereocenters. The summed E-state index contributed by atoms with van der Waals surface area (Å²) in [6, 6.07) is 24.5. The summed E-state index contributed by atoms with van der Waals surface area (Å²) in [6.07, 6.45) is 0.